The second-order valence-electron chi connectivity index (χ2n) is 3.66. The number of ether oxygens (including phenoxy) is 1. The SMILES string of the molecule is COc1ccc(CC(Cl)c2ccc(Br)o2)cc1. The molecule has 0 aliphatic heterocycles. The number of hydrogen-bond donors (Lipinski definition) is 0. The van der Waals surface area contributed by atoms with Gasteiger partial charge in [0.1, 0.15) is 11.5 Å². The maximum absolute atomic E-state index is 6.28. The number of hydrogen-bond acceptors (Lipinski definition) is 2. The molecule has 1 aromatic heterocycles. The molecule has 0 spiro atoms. The summed E-state index contributed by atoms with van der Waals surface area (Å²) < 4.78 is 11.2. The number of alkyl halides is 1. The summed E-state index contributed by atoms with van der Waals surface area (Å²) in [6.07, 6.45) is 0.728. The van der Waals surface area contributed by atoms with Gasteiger partial charge in [0.15, 0.2) is 4.67 Å². The highest BCUT2D eigenvalue weighted by Gasteiger charge is 2.12. The van der Waals surface area contributed by atoms with Crippen LogP contribution in [-0.4, -0.2) is 7.11 Å². The lowest BCUT2D eigenvalue weighted by Crippen LogP contribution is -1.94. The first-order valence-corrected chi connectivity index (χ1v) is 6.44. The molecule has 2 aromatic rings. The topological polar surface area (TPSA) is 22.4 Å². The van der Waals surface area contributed by atoms with Gasteiger partial charge in [-0.25, -0.2) is 0 Å². The molecule has 0 radical (unpaired) electrons. The zero-order chi connectivity index (χ0) is 12.3. The van der Waals surface area contributed by atoms with Crippen LogP contribution in [0.3, 0.4) is 0 Å². The smallest absolute Gasteiger partial charge is 0.169 e. The molecule has 0 N–H and O–H groups in total. The maximum Gasteiger partial charge on any atom is 0.169 e. The van der Waals surface area contributed by atoms with E-state index in [1.54, 1.807) is 7.11 Å². The van der Waals surface area contributed by atoms with E-state index in [-0.39, 0.29) is 5.38 Å². The van der Waals surface area contributed by atoms with Crippen molar-refractivity contribution in [2.24, 2.45) is 0 Å². The van der Waals surface area contributed by atoms with E-state index in [0.29, 0.717) is 4.67 Å². The average molecular weight is 316 g/mol. The summed E-state index contributed by atoms with van der Waals surface area (Å²) in [7, 11) is 1.65. The van der Waals surface area contributed by atoms with Gasteiger partial charge in [-0.05, 0) is 52.2 Å². The molecule has 0 aliphatic carbocycles. The fourth-order valence-corrected chi connectivity index (χ4v) is 2.18. The minimum absolute atomic E-state index is 0.158. The van der Waals surface area contributed by atoms with Crippen molar-refractivity contribution in [3.63, 3.8) is 0 Å². The number of benzene rings is 1. The van der Waals surface area contributed by atoms with Gasteiger partial charge < -0.3 is 9.15 Å². The highest BCUT2D eigenvalue weighted by Crippen LogP contribution is 2.28. The van der Waals surface area contributed by atoms with Crippen LogP contribution in [-0.2, 0) is 6.42 Å². The van der Waals surface area contributed by atoms with Crippen molar-refractivity contribution in [2.45, 2.75) is 11.8 Å². The Kier molecular flexibility index (Phi) is 4.13. The van der Waals surface area contributed by atoms with E-state index in [1.807, 2.05) is 36.4 Å². The zero-order valence-electron chi connectivity index (χ0n) is 9.32. The molecule has 1 aromatic carbocycles. The molecular formula is C13H12BrClO2. The number of methoxy groups -OCH3 is 1. The van der Waals surface area contributed by atoms with Gasteiger partial charge in [-0.3, -0.25) is 0 Å². The molecule has 90 valence electrons. The summed E-state index contributed by atoms with van der Waals surface area (Å²) in [4.78, 5) is 0. The molecule has 0 fully saturated rings. The molecule has 2 nitrogen and oxygen atoms in total. The van der Waals surface area contributed by atoms with E-state index >= 15 is 0 Å². The summed E-state index contributed by atoms with van der Waals surface area (Å²) in [5.41, 5.74) is 1.15. The summed E-state index contributed by atoms with van der Waals surface area (Å²) in [6, 6.07) is 11.6. The zero-order valence-corrected chi connectivity index (χ0v) is 11.7. The van der Waals surface area contributed by atoms with Crippen LogP contribution in [0.15, 0.2) is 45.5 Å². The lowest BCUT2D eigenvalue weighted by molar-refractivity contribution is 0.414. The predicted octanol–water partition coefficient (Wildman–Crippen LogP) is 4.57. The fraction of sp³-hybridized carbons (Fsp3) is 0.231. The Morgan fingerprint density at radius 2 is 1.94 bits per heavy atom. The van der Waals surface area contributed by atoms with Gasteiger partial charge in [-0.2, -0.15) is 0 Å². The first kappa shape index (κ1) is 12.5. The number of halogens is 2. The molecule has 0 saturated carbocycles. The van der Waals surface area contributed by atoms with Gasteiger partial charge in [0.2, 0.25) is 0 Å². The highest BCUT2D eigenvalue weighted by atomic mass is 79.9. The standard InChI is InChI=1S/C13H12BrClO2/c1-16-10-4-2-9(3-5-10)8-11(15)12-6-7-13(14)17-12/h2-7,11H,8H2,1H3. The molecule has 1 atom stereocenters. The lowest BCUT2D eigenvalue weighted by atomic mass is 10.1. The van der Waals surface area contributed by atoms with Gasteiger partial charge in [-0.1, -0.05) is 12.1 Å². The predicted molar refractivity (Wildman–Crippen MR) is 71.7 cm³/mol. The number of furan rings is 1. The minimum atomic E-state index is -0.158. The highest BCUT2D eigenvalue weighted by molar-refractivity contribution is 9.10. The molecule has 2 rings (SSSR count). The normalized spacial score (nSPS) is 12.4. The Morgan fingerprint density at radius 1 is 1.24 bits per heavy atom. The molecule has 0 saturated heterocycles. The van der Waals surface area contributed by atoms with E-state index in [9.17, 15) is 0 Å². The van der Waals surface area contributed by atoms with E-state index in [2.05, 4.69) is 15.9 Å². The summed E-state index contributed by atoms with van der Waals surface area (Å²) >= 11 is 9.54. The van der Waals surface area contributed by atoms with Crippen LogP contribution in [0.25, 0.3) is 0 Å². The Morgan fingerprint density at radius 3 is 2.47 bits per heavy atom. The summed E-state index contributed by atoms with van der Waals surface area (Å²) in [5.74, 6) is 1.62. The van der Waals surface area contributed by atoms with Crippen LogP contribution in [0.5, 0.6) is 5.75 Å². The second kappa shape index (κ2) is 5.61. The molecule has 0 aliphatic rings. The molecule has 0 amide bonds. The third kappa shape index (κ3) is 3.27. The van der Waals surface area contributed by atoms with Crippen LogP contribution in [0, 0.1) is 0 Å². The van der Waals surface area contributed by atoms with Gasteiger partial charge >= 0.3 is 0 Å². The second-order valence-corrected chi connectivity index (χ2v) is 4.97. The van der Waals surface area contributed by atoms with E-state index in [1.165, 1.54) is 0 Å². The maximum atomic E-state index is 6.28. The van der Waals surface area contributed by atoms with Crippen molar-refractivity contribution in [2.75, 3.05) is 7.11 Å². The Labute approximate surface area is 114 Å². The third-order valence-corrected chi connectivity index (χ3v) is 3.27. The molecule has 1 heterocycles. The quantitative estimate of drug-likeness (QED) is 0.771. The Bertz CT molecular complexity index is 478. The van der Waals surface area contributed by atoms with Crippen molar-refractivity contribution >= 4 is 27.5 Å². The van der Waals surface area contributed by atoms with Crippen molar-refractivity contribution < 1.29 is 9.15 Å². The van der Waals surface area contributed by atoms with E-state index in [4.69, 9.17) is 20.8 Å². The van der Waals surface area contributed by atoms with Crippen LogP contribution in [0.2, 0.25) is 0 Å². The van der Waals surface area contributed by atoms with Crippen molar-refractivity contribution in [1.29, 1.82) is 0 Å². The van der Waals surface area contributed by atoms with Crippen molar-refractivity contribution in [3.8, 4) is 5.75 Å². The average Bonchev–Trinajstić information content (AvgIpc) is 2.77. The molecule has 4 heteroatoms. The third-order valence-electron chi connectivity index (χ3n) is 2.48. The number of rotatable bonds is 4. The first-order chi connectivity index (χ1) is 8.19. The molecule has 1 unspecified atom stereocenters. The van der Waals surface area contributed by atoms with Gasteiger partial charge in [-0.15, -0.1) is 11.6 Å². The molecular weight excluding hydrogens is 303 g/mol. The monoisotopic (exact) mass is 314 g/mol. The lowest BCUT2D eigenvalue weighted by Gasteiger charge is -2.07. The van der Waals surface area contributed by atoms with Crippen molar-refractivity contribution in [3.05, 3.63) is 52.4 Å². The summed E-state index contributed by atoms with van der Waals surface area (Å²) in [5, 5.41) is -0.158. The van der Waals surface area contributed by atoms with Gasteiger partial charge in [0, 0.05) is 0 Å². The van der Waals surface area contributed by atoms with Crippen LogP contribution in [0.4, 0.5) is 0 Å². The van der Waals surface area contributed by atoms with Gasteiger partial charge in [0.05, 0.1) is 12.5 Å². The first-order valence-electron chi connectivity index (χ1n) is 5.21. The van der Waals surface area contributed by atoms with Crippen LogP contribution in [0.1, 0.15) is 16.7 Å². The summed E-state index contributed by atoms with van der Waals surface area (Å²) in [6.45, 7) is 0. The Balaban J connectivity index is 2.04. The minimum Gasteiger partial charge on any atom is -0.497 e. The largest absolute Gasteiger partial charge is 0.497 e. The van der Waals surface area contributed by atoms with E-state index in [0.717, 1.165) is 23.5 Å². The Hall–Kier alpha value is -0.930. The van der Waals surface area contributed by atoms with E-state index < -0.39 is 0 Å². The van der Waals surface area contributed by atoms with Crippen LogP contribution >= 0.6 is 27.5 Å². The fourth-order valence-electron chi connectivity index (χ4n) is 1.57. The van der Waals surface area contributed by atoms with Gasteiger partial charge in [0.25, 0.3) is 0 Å². The molecule has 17 heavy (non-hydrogen) atoms. The molecule has 0 bridgehead atoms. The van der Waals surface area contributed by atoms with Crippen molar-refractivity contribution in [1.82, 2.24) is 0 Å². The van der Waals surface area contributed by atoms with Crippen LogP contribution < -0.4 is 4.74 Å².